The second-order valence-electron chi connectivity index (χ2n) is 5.20. The molecule has 1 unspecified atom stereocenters. The van der Waals surface area contributed by atoms with E-state index in [4.69, 9.17) is 5.73 Å². The van der Waals surface area contributed by atoms with Gasteiger partial charge in [0.1, 0.15) is 0 Å². The number of hydrogen-bond donors (Lipinski definition) is 1. The van der Waals surface area contributed by atoms with Crippen LogP contribution in [0.3, 0.4) is 0 Å². The van der Waals surface area contributed by atoms with Gasteiger partial charge in [-0.3, -0.25) is 0 Å². The summed E-state index contributed by atoms with van der Waals surface area (Å²) in [5, 5.41) is 0. The minimum Gasteiger partial charge on any atom is -0.362 e. The van der Waals surface area contributed by atoms with Crippen LogP contribution in [0.1, 0.15) is 18.2 Å². The van der Waals surface area contributed by atoms with E-state index in [1.165, 1.54) is 11.3 Å². The fourth-order valence-corrected chi connectivity index (χ4v) is 2.80. The van der Waals surface area contributed by atoms with Gasteiger partial charge in [0.25, 0.3) is 0 Å². The molecule has 0 radical (unpaired) electrons. The zero-order valence-corrected chi connectivity index (χ0v) is 11.3. The van der Waals surface area contributed by atoms with E-state index in [9.17, 15) is 0 Å². The number of rotatable bonds is 4. The fourth-order valence-electron chi connectivity index (χ4n) is 2.80. The van der Waals surface area contributed by atoms with Gasteiger partial charge in [0, 0.05) is 31.0 Å². The lowest BCUT2D eigenvalue weighted by molar-refractivity contribution is 0.664. The van der Waals surface area contributed by atoms with Gasteiger partial charge in [-0.15, -0.1) is 0 Å². The number of para-hydroxylation sites is 1. The van der Waals surface area contributed by atoms with Gasteiger partial charge in [0.2, 0.25) is 0 Å². The first-order chi connectivity index (χ1) is 9.28. The van der Waals surface area contributed by atoms with Crippen LogP contribution in [0.4, 0.5) is 5.69 Å². The molecule has 100 valence electrons. The molecule has 1 aliphatic rings. The number of anilines is 1. The minimum atomic E-state index is 0.539. The number of aromatic nitrogens is 2. The highest BCUT2D eigenvalue weighted by Gasteiger charge is 2.25. The Kier molecular flexibility index (Phi) is 3.25. The van der Waals surface area contributed by atoms with Gasteiger partial charge < -0.3 is 15.2 Å². The average Bonchev–Trinajstić information content (AvgIpc) is 2.96. The molecule has 1 atom stereocenters. The Balaban J connectivity index is 1.79. The normalized spacial score (nSPS) is 17.8. The number of nitrogens with zero attached hydrogens (tertiary/aromatic N) is 3. The van der Waals surface area contributed by atoms with Gasteiger partial charge in [-0.25, -0.2) is 4.98 Å². The molecule has 1 aromatic heterocycles. The number of nitrogens with two attached hydrogens (primary N) is 1. The van der Waals surface area contributed by atoms with Gasteiger partial charge in [-0.1, -0.05) is 18.2 Å². The lowest BCUT2D eigenvalue weighted by Crippen LogP contribution is -2.28. The van der Waals surface area contributed by atoms with Crippen LogP contribution in [0.2, 0.25) is 0 Å². The Labute approximate surface area is 113 Å². The van der Waals surface area contributed by atoms with Gasteiger partial charge in [-0.05, 0) is 25.0 Å². The lowest BCUT2D eigenvalue weighted by Gasteiger charge is -2.23. The van der Waals surface area contributed by atoms with E-state index in [-0.39, 0.29) is 0 Å². The van der Waals surface area contributed by atoms with Crippen LogP contribution in [0, 0.1) is 0 Å². The molecule has 0 saturated heterocycles. The van der Waals surface area contributed by atoms with Crippen LogP contribution in [-0.4, -0.2) is 22.1 Å². The molecule has 19 heavy (non-hydrogen) atoms. The van der Waals surface area contributed by atoms with Crippen molar-refractivity contribution in [3.8, 4) is 0 Å². The largest absolute Gasteiger partial charge is 0.362 e. The third-order valence-corrected chi connectivity index (χ3v) is 3.75. The molecule has 0 fully saturated rings. The third kappa shape index (κ3) is 2.36. The van der Waals surface area contributed by atoms with E-state index in [0.717, 1.165) is 25.2 Å². The molecular formula is C15H20N4. The summed E-state index contributed by atoms with van der Waals surface area (Å²) in [7, 11) is 0. The molecule has 4 heteroatoms. The van der Waals surface area contributed by atoms with Crippen LogP contribution >= 0.6 is 0 Å². The third-order valence-electron chi connectivity index (χ3n) is 3.75. The first-order valence-corrected chi connectivity index (χ1v) is 6.83. The van der Waals surface area contributed by atoms with Crippen molar-refractivity contribution < 1.29 is 0 Å². The van der Waals surface area contributed by atoms with Gasteiger partial charge >= 0.3 is 0 Å². The maximum atomic E-state index is 5.56. The van der Waals surface area contributed by atoms with Gasteiger partial charge in [0.05, 0.1) is 18.6 Å². The van der Waals surface area contributed by atoms with Gasteiger partial charge in [0.15, 0.2) is 0 Å². The maximum Gasteiger partial charge on any atom is 0.0950 e. The highest BCUT2D eigenvalue weighted by atomic mass is 15.2. The standard InChI is InChI=1S/C15H20N4/c1-12-8-13-4-2-3-5-15(13)19(12)10-14-9-18(7-6-16)11-17-14/h2-5,9,11-12H,6-8,10,16H2,1H3. The average molecular weight is 256 g/mol. The topological polar surface area (TPSA) is 47.1 Å². The Hall–Kier alpha value is -1.81. The monoisotopic (exact) mass is 256 g/mol. The molecule has 0 bridgehead atoms. The highest BCUT2D eigenvalue weighted by molar-refractivity contribution is 5.59. The predicted molar refractivity (Wildman–Crippen MR) is 77.1 cm³/mol. The Bertz CT molecular complexity index is 561. The molecule has 0 saturated carbocycles. The molecule has 3 rings (SSSR count). The van der Waals surface area contributed by atoms with E-state index >= 15 is 0 Å². The smallest absolute Gasteiger partial charge is 0.0950 e. The summed E-state index contributed by atoms with van der Waals surface area (Å²) in [6.45, 7) is 4.63. The summed E-state index contributed by atoms with van der Waals surface area (Å²) in [5.74, 6) is 0. The quantitative estimate of drug-likeness (QED) is 0.907. The van der Waals surface area contributed by atoms with Crippen molar-refractivity contribution >= 4 is 5.69 Å². The predicted octanol–water partition coefficient (Wildman–Crippen LogP) is 1.79. The van der Waals surface area contributed by atoms with E-state index in [2.05, 4.69) is 51.8 Å². The van der Waals surface area contributed by atoms with Crippen molar-refractivity contribution in [2.75, 3.05) is 11.4 Å². The molecule has 0 spiro atoms. The first kappa shape index (κ1) is 12.2. The zero-order valence-electron chi connectivity index (χ0n) is 11.3. The van der Waals surface area contributed by atoms with Gasteiger partial charge in [-0.2, -0.15) is 0 Å². The second kappa shape index (κ2) is 5.05. The van der Waals surface area contributed by atoms with Crippen molar-refractivity contribution in [1.82, 2.24) is 9.55 Å². The minimum absolute atomic E-state index is 0.539. The summed E-state index contributed by atoms with van der Waals surface area (Å²) in [5.41, 5.74) is 9.46. The summed E-state index contributed by atoms with van der Waals surface area (Å²) in [6, 6.07) is 9.19. The highest BCUT2D eigenvalue weighted by Crippen LogP contribution is 2.32. The second-order valence-corrected chi connectivity index (χ2v) is 5.20. The Morgan fingerprint density at radius 2 is 2.21 bits per heavy atom. The van der Waals surface area contributed by atoms with Crippen LogP contribution in [0.25, 0.3) is 0 Å². The first-order valence-electron chi connectivity index (χ1n) is 6.83. The van der Waals surface area contributed by atoms with Crippen LogP contribution in [0.5, 0.6) is 0 Å². The van der Waals surface area contributed by atoms with Crippen LogP contribution < -0.4 is 10.6 Å². The van der Waals surface area contributed by atoms with E-state index < -0.39 is 0 Å². The molecule has 2 heterocycles. The summed E-state index contributed by atoms with van der Waals surface area (Å²) in [4.78, 5) is 6.91. The molecular weight excluding hydrogens is 236 g/mol. The lowest BCUT2D eigenvalue weighted by atomic mass is 10.1. The van der Waals surface area contributed by atoms with Crippen molar-refractivity contribution in [2.24, 2.45) is 5.73 Å². The summed E-state index contributed by atoms with van der Waals surface area (Å²) in [6.07, 6.45) is 5.09. The number of benzene rings is 1. The summed E-state index contributed by atoms with van der Waals surface area (Å²) >= 11 is 0. The van der Waals surface area contributed by atoms with Crippen molar-refractivity contribution in [3.05, 3.63) is 48.0 Å². The number of fused-ring (bicyclic) bond motifs is 1. The van der Waals surface area contributed by atoms with Crippen LogP contribution in [0.15, 0.2) is 36.8 Å². The Morgan fingerprint density at radius 1 is 1.37 bits per heavy atom. The van der Waals surface area contributed by atoms with Crippen molar-refractivity contribution in [1.29, 1.82) is 0 Å². The fraction of sp³-hybridized carbons (Fsp3) is 0.400. The molecule has 2 aromatic rings. The van der Waals surface area contributed by atoms with E-state index in [1.807, 2.05) is 6.33 Å². The number of imidazole rings is 1. The van der Waals surface area contributed by atoms with Crippen molar-refractivity contribution in [2.45, 2.75) is 32.5 Å². The molecule has 0 amide bonds. The zero-order chi connectivity index (χ0) is 13.2. The molecule has 2 N–H and O–H groups in total. The van der Waals surface area contributed by atoms with Crippen molar-refractivity contribution in [3.63, 3.8) is 0 Å². The molecule has 4 nitrogen and oxygen atoms in total. The molecule has 1 aliphatic heterocycles. The van der Waals surface area contributed by atoms with E-state index in [0.29, 0.717) is 12.6 Å². The summed E-state index contributed by atoms with van der Waals surface area (Å²) < 4.78 is 2.06. The Morgan fingerprint density at radius 3 is 3.05 bits per heavy atom. The van der Waals surface area contributed by atoms with E-state index in [1.54, 1.807) is 0 Å². The maximum absolute atomic E-state index is 5.56. The van der Waals surface area contributed by atoms with Crippen LogP contribution in [-0.2, 0) is 19.5 Å². The molecule has 0 aliphatic carbocycles. The SMILES string of the molecule is CC1Cc2ccccc2N1Cc1cn(CCN)cn1. The number of hydrogen-bond acceptors (Lipinski definition) is 3. The molecule has 1 aromatic carbocycles.